The summed E-state index contributed by atoms with van der Waals surface area (Å²) in [6.45, 7) is 6.64. The number of amides is 1. The van der Waals surface area contributed by atoms with Gasteiger partial charge in [-0.2, -0.15) is 0 Å². The third kappa shape index (κ3) is 6.45. The maximum atomic E-state index is 12.9. The Morgan fingerprint density at radius 2 is 1.60 bits per heavy atom. The highest BCUT2D eigenvalue weighted by Crippen LogP contribution is 2.40. The molecule has 1 N–H and O–H groups in total. The molecule has 1 saturated heterocycles. The number of thiophene rings is 1. The number of aryl methyl sites for hydroxylation is 1. The van der Waals surface area contributed by atoms with Gasteiger partial charge in [-0.1, -0.05) is 72.8 Å². The van der Waals surface area contributed by atoms with Crippen LogP contribution in [0.1, 0.15) is 20.8 Å². The van der Waals surface area contributed by atoms with E-state index < -0.39 is 5.97 Å². The van der Waals surface area contributed by atoms with Gasteiger partial charge in [-0.3, -0.25) is 14.6 Å². The van der Waals surface area contributed by atoms with Gasteiger partial charge in [-0.25, -0.2) is 4.79 Å². The number of nitrogens with one attached hydrogen (secondary N) is 1. The zero-order valence-corrected chi connectivity index (χ0v) is 21.0. The number of carbonyl (C=O) groups excluding carboxylic acids is 2. The second kappa shape index (κ2) is 11.9. The van der Waals surface area contributed by atoms with E-state index in [1.165, 1.54) is 24.0 Å². The molecule has 1 aliphatic rings. The molecule has 7 heteroatoms. The van der Waals surface area contributed by atoms with E-state index >= 15 is 0 Å². The summed E-state index contributed by atoms with van der Waals surface area (Å²) in [5.74, 6) is -0.561. The number of rotatable bonds is 8. The van der Waals surface area contributed by atoms with E-state index in [9.17, 15) is 9.59 Å². The van der Waals surface area contributed by atoms with Crippen LogP contribution in [0.4, 0.5) is 5.00 Å². The van der Waals surface area contributed by atoms with Crippen LogP contribution >= 0.6 is 11.3 Å². The monoisotopic (exact) mass is 489 g/mol. The maximum Gasteiger partial charge on any atom is 0.341 e. The number of carbonyl (C=O) groups is 2. The minimum atomic E-state index is -0.444. The summed E-state index contributed by atoms with van der Waals surface area (Å²) in [5, 5.41) is 3.52. The highest BCUT2D eigenvalue weighted by atomic mass is 32.1. The largest absolute Gasteiger partial charge is 0.465 e. The lowest BCUT2D eigenvalue weighted by atomic mass is 10.0. The van der Waals surface area contributed by atoms with Crippen LogP contribution in [0.15, 0.2) is 66.7 Å². The molecular weight excluding hydrogens is 458 g/mol. The molecule has 0 atom stereocenters. The van der Waals surface area contributed by atoms with Gasteiger partial charge in [0, 0.05) is 43.2 Å². The van der Waals surface area contributed by atoms with E-state index in [0.717, 1.165) is 48.7 Å². The molecule has 2 aromatic carbocycles. The zero-order valence-electron chi connectivity index (χ0n) is 20.2. The molecule has 1 aromatic heterocycles. The van der Waals surface area contributed by atoms with Gasteiger partial charge in [-0.15, -0.1) is 11.3 Å². The van der Waals surface area contributed by atoms with E-state index in [4.69, 9.17) is 4.74 Å². The molecular formula is C28H31N3O3S. The number of hydrogen-bond acceptors (Lipinski definition) is 6. The first kappa shape index (κ1) is 24.9. The van der Waals surface area contributed by atoms with E-state index in [1.54, 1.807) is 0 Å². The molecule has 1 aliphatic heterocycles. The van der Waals surface area contributed by atoms with Crippen molar-refractivity contribution in [3.8, 4) is 11.1 Å². The lowest BCUT2D eigenvalue weighted by molar-refractivity contribution is -0.117. The molecule has 0 bridgehead atoms. The first-order valence-corrected chi connectivity index (χ1v) is 12.6. The molecule has 1 fully saturated rings. The molecule has 6 nitrogen and oxygen atoms in total. The minimum Gasteiger partial charge on any atom is -0.465 e. The molecule has 0 aliphatic carbocycles. The number of piperazine rings is 1. The zero-order chi connectivity index (χ0) is 24.6. The first-order chi connectivity index (χ1) is 17.0. The number of hydrogen-bond donors (Lipinski definition) is 1. The predicted molar refractivity (Wildman–Crippen MR) is 143 cm³/mol. The quantitative estimate of drug-likeness (QED) is 0.462. The Bertz CT molecular complexity index is 1170. The Kier molecular flexibility index (Phi) is 8.47. The summed E-state index contributed by atoms with van der Waals surface area (Å²) in [6.07, 6.45) is 4.33. The topological polar surface area (TPSA) is 61.9 Å². The van der Waals surface area contributed by atoms with Crippen molar-refractivity contribution in [3.05, 3.63) is 82.7 Å². The second-order valence-electron chi connectivity index (χ2n) is 8.53. The SMILES string of the molecule is COC(=O)c1c(NC(=O)CN2CCN(C/C=C/c3ccccc3)CC2)sc(C)c1-c1ccccc1. The second-order valence-corrected chi connectivity index (χ2v) is 9.76. The maximum absolute atomic E-state index is 12.9. The van der Waals surface area contributed by atoms with Crippen molar-refractivity contribution in [1.29, 1.82) is 0 Å². The van der Waals surface area contributed by atoms with Gasteiger partial charge in [0.1, 0.15) is 10.6 Å². The van der Waals surface area contributed by atoms with E-state index in [1.807, 2.05) is 55.5 Å². The van der Waals surface area contributed by atoms with Crippen molar-refractivity contribution in [2.24, 2.45) is 0 Å². The highest BCUT2D eigenvalue weighted by Gasteiger charge is 2.26. The standard InChI is InChI=1S/C28H31N3O3S/c1-21-25(23-13-7-4-8-14-23)26(28(33)34-2)27(35-21)29-24(32)20-31-18-16-30(17-19-31)15-9-12-22-10-5-3-6-11-22/h3-14H,15-20H2,1-2H3,(H,29,32)/b12-9+. The molecule has 182 valence electrons. The van der Waals surface area contributed by atoms with Crippen LogP contribution in [0.25, 0.3) is 17.2 Å². The Balaban J connectivity index is 1.34. The van der Waals surface area contributed by atoms with Crippen molar-refractivity contribution >= 4 is 34.3 Å². The van der Waals surface area contributed by atoms with E-state index in [2.05, 4.69) is 39.4 Å². The van der Waals surface area contributed by atoms with Crippen LogP contribution < -0.4 is 5.32 Å². The van der Waals surface area contributed by atoms with Gasteiger partial charge in [0.15, 0.2) is 0 Å². The molecule has 2 heterocycles. The van der Waals surface area contributed by atoms with Gasteiger partial charge in [-0.05, 0) is 18.1 Å². The summed E-state index contributed by atoms with van der Waals surface area (Å²) in [7, 11) is 1.37. The van der Waals surface area contributed by atoms with Crippen LogP contribution in [-0.2, 0) is 9.53 Å². The average molecular weight is 490 g/mol. The third-order valence-corrected chi connectivity index (χ3v) is 7.12. The summed E-state index contributed by atoms with van der Waals surface area (Å²) in [4.78, 5) is 31.0. The van der Waals surface area contributed by atoms with Gasteiger partial charge in [0.2, 0.25) is 5.91 Å². The minimum absolute atomic E-state index is 0.117. The molecule has 0 saturated carbocycles. The number of methoxy groups -OCH3 is 1. The Morgan fingerprint density at radius 3 is 2.26 bits per heavy atom. The molecule has 0 spiro atoms. The average Bonchev–Trinajstić information content (AvgIpc) is 3.21. The number of nitrogens with zero attached hydrogens (tertiary/aromatic N) is 2. The van der Waals surface area contributed by atoms with Crippen molar-refractivity contribution in [3.63, 3.8) is 0 Å². The lowest BCUT2D eigenvalue weighted by Crippen LogP contribution is -2.48. The van der Waals surface area contributed by atoms with Crippen LogP contribution in [0.5, 0.6) is 0 Å². The number of esters is 1. The van der Waals surface area contributed by atoms with Gasteiger partial charge in [0.05, 0.1) is 13.7 Å². The lowest BCUT2D eigenvalue weighted by Gasteiger charge is -2.33. The van der Waals surface area contributed by atoms with Crippen molar-refractivity contribution in [2.45, 2.75) is 6.92 Å². The number of ether oxygens (including phenoxy) is 1. The van der Waals surface area contributed by atoms with Crippen LogP contribution in [0.3, 0.4) is 0 Å². The van der Waals surface area contributed by atoms with Crippen LogP contribution in [0, 0.1) is 6.92 Å². The van der Waals surface area contributed by atoms with Gasteiger partial charge in [0.25, 0.3) is 0 Å². The van der Waals surface area contributed by atoms with Crippen LogP contribution in [-0.4, -0.2) is 68.1 Å². The third-order valence-electron chi connectivity index (χ3n) is 6.09. The summed E-state index contributed by atoms with van der Waals surface area (Å²) >= 11 is 1.41. The Morgan fingerprint density at radius 1 is 0.971 bits per heavy atom. The smallest absolute Gasteiger partial charge is 0.341 e. The molecule has 35 heavy (non-hydrogen) atoms. The Labute approximate surface area is 210 Å². The van der Waals surface area contributed by atoms with Crippen molar-refractivity contribution in [1.82, 2.24) is 9.80 Å². The fourth-order valence-electron chi connectivity index (χ4n) is 4.28. The summed E-state index contributed by atoms with van der Waals surface area (Å²) < 4.78 is 5.05. The Hall–Kier alpha value is -3.26. The van der Waals surface area contributed by atoms with Crippen molar-refractivity contribution < 1.29 is 14.3 Å². The van der Waals surface area contributed by atoms with Crippen molar-refractivity contribution in [2.75, 3.05) is 51.7 Å². The summed E-state index contributed by atoms with van der Waals surface area (Å²) in [6, 6.07) is 20.0. The normalized spacial score (nSPS) is 14.8. The van der Waals surface area contributed by atoms with Crippen LogP contribution in [0.2, 0.25) is 0 Å². The fraction of sp³-hybridized carbons (Fsp3) is 0.286. The molecule has 4 rings (SSSR count). The first-order valence-electron chi connectivity index (χ1n) is 11.8. The van der Waals surface area contributed by atoms with Gasteiger partial charge < -0.3 is 10.1 Å². The predicted octanol–water partition coefficient (Wildman–Crippen LogP) is 4.78. The van der Waals surface area contributed by atoms with Gasteiger partial charge >= 0.3 is 5.97 Å². The molecule has 3 aromatic rings. The molecule has 1 amide bonds. The number of benzene rings is 2. The van der Waals surface area contributed by atoms with E-state index in [-0.39, 0.29) is 5.91 Å². The highest BCUT2D eigenvalue weighted by molar-refractivity contribution is 7.17. The fourth-order valence-corrected chi connectivity index (χ4v) is 5.36. The number of anilines is 1. The molecule has 0 radical (unpaired) electrons. The summed E-state index contributed by atoms with van der Waals surface area (Å²) in [5.41, 5.74) is 3.37. The molecule has 0 unspecified atom stereocenters. The van der Waals surface area contributed by atoms with E-state index in [0.29, 0.717) is 17.1 Å².